The van der Waals surface area contributed by atoms with Crippen molar-refractivity contribution in [3.8, 4) is 0 Å². The van der Waals surface area contributed by atoms with Gasteiger partial charge in [0.05, 0.1) is 10.5 Å². The topological polar surface area (TPSA) is 73.0 Å². The molecule has 0 aromatic heterocycles. The third-order valence-corrected chi connectivity index (χ3v) is 7.68. The first kappa shape index (κ1) is 19.5. The molecular weight excluding hydrogens is 328 g/mol. The average molecular weight is 361 g/mol. The molecule has 0 spiro atoms. The first-order chi connectivity index (χ1) is 11.2. The summed E-state index contributed by atoms with van der Waals surface area (Å²) in [5.41, 5.74) is 0. The van der Waals surface area contributed by atoms with Crippen LogP contribution in [0.2, 0.25) is 0 Å². The van der Waals surface area contributed by atoms with Crippen molar-refractivity contribution in [2.24, 2.45) is 0 Å². The van der Waals surface area contributed by atoms with E-state index in [1.807, 2.05) is 0 Å². The standard InChI is InChI=1S/C16H32N4O3S/c1-13-11-20(12-14(2)24(13,22)23)16(21)17-15-5-7-19(8-6-15)10-9-18(3)4/h13-15H,5-12H2,1-4H3,(H,17,21). The molecule has 2 heterocycles. The molecule has 2 rings (SSSR count). The molecule has 7 nitrogen and oxygen atoms in total. The second kappa shape index (κ2) is 8.01. The van der Waals surface area contributed by atoms with Crippen LogP contribution >= 0.6 is 0 Å². The number of urea groups is 1. The SMILES string of the molecule is CC1CN(C(=O)NC2CCN(CCN(C)C)CC2)CC(C)S1(=O)=O. The van der Waals surface area contributed by atoms with E-state index in [0.717, 1.165) is 39.0 Å². The fourth-order valence-corrected chi connectivity index (χ4v) is 4.94. The maximum atomic E-state index is 12.5. The lowest BCUT2D eigenvalue weighted by atomic mass is 10.1. The zero-order valence-corrected chi connectivity index (χ0v) is 16.2. The van der Waals surface area contributed by atoms with Crippen molar-refractivity contribution in [1.29, 1.82) is 0 Å². The highest BCUT2D eigenvalue weighted by Crippen LogP contribution is 2.19. The first-order valence-electron chi connectivity index (χ1n) is 8.85. The molecule has 0 aliphatic carbocycles. The number of hydrogen-bond acceptors (Lipinski definition) is 5. The summed E-state index contributed by atoms with van der Waals surface area (Å²) in [5, 5.41) is 2.13. The highest BCUT2D eigenvalue weighted by molar-refractivity contribution is 7.92. The molecular formula is C16H32N4O3S. The lowest BCUT2D eigenvalue weighted by Gasteiger charge is -2.37. The summed E-state index contributed by atoms with van der Waals surface area (Å²) in [6.45, 7) is 8.07. The quantitative estimate of drug-likeness (QED) is 0.777. The van der Waals surface area contributed by atoms with Gasteiger partial charge in [0, 0.05) is 45.3 Å². The Labute approximate surface area is 146 Å². The van der Waals surface area contributed by atoms with Gasteiger partial charge in [-0.05, 0) is 40.8 Å². The predicted octanol–water partition coefficient (Wildman–Crippen LogP) is 0.229. The second-order valence-electron chi connectivity index (χ2n) is 7.48. The molecule has 24 heavy (non-hydrogen) atoms. The van der Waals surface area contributed by atoms with Gasteiger partial charge in [0.2, 0.25) is 0 Å². The minimum Gasteiger partial charge on any atom is -0.335 e. The smallest absolute Gasteiger partial charge is 0.317 e. The number of carbonyl (C=O) groups is 1. The number of carbonyl (C=O) groups excluding carboxylic acids is 1. The number of likely N-dealkylation sites (tertiary alicyclic amines) is 1. The van der Waals surface area contributed by atoms with Crippen molar-refractivity contribution in [3.05, 3.63) is 0 Å². The largest absolute Gasteiger partial charge is 0.335 e. The van der Waals surface area contributed by atoms with E-state index >= 15 is 0 Å². The van der Waals surface area contributed by atoms with Gasteiger partial charge >= 0.3 is 6.03 Å². The zero-order chi connectivity index (χ0) is 17.9. The summed E-state index contributed by atoms with van der Waals surface area (Å²) >= 11 is 0. The lowest BCUT2D eigenvalue weighted by Crippen LogP contribution is -2.57. The Bertz CT molecular complexity index is 511. The first-order valence-corrected chi connectivity index (χ1v) is 10.5. The van der Waals surface area contributed by atoms with Gasteiger partial charge in [-0.25, -0.2) is 13.2 Å². The zero-order valence-electron chi connectivity index (χ0n) is 15.4. The molecule has 0 aromatic carbocycles. The third kappa shape index (κ3) is 4.83. The van der Waals surface area contributed by atoms with E-state index in [9.17, 15) is 13.2 Å². The van der Waals surface area contributed by atoms with Crippen molar-refractivity contribution in [2.75, 3.05) is 53.4 Å². The van der Waals surface area contributed by atoms with Gasteiger partial charge in [0.25, 0.3) is 0 Å². The molecule has 2 aliphatic heterocycles. The summed E-state index contributed by atoms with van der Waals surface area (Å²) in [7, 11) is 1.06. The molecule has 0 bridgehead atoms. The average Bonchev–Trinajstić information content (AvgIpc) is 2.51. The molecule has 2 saturated heterocycles. The van der Waals surface area contributed by atoms with Crippen molar-refractivity contribution < 1.29 is 13.2 Å². The van der Waals surface area contributed by atoms with Crippen LogP contribution in [0.25, 0.3) is 0 Å². The van der Waals surface area contributed by atoms with Crippen LogP contribution in [0.5, 0.6) is 0 Å². The number of nitrogens with zero attached hydrogens (tertiary/aromatic N) is 3. The van der Waals surface area contributed by atoms with Crippen LogP contribution in [0.15, 0.2) is 0 Å². The third-order valence-electron chi connectivity index (χ3n) is 5.14. The second-order valence-corrected chi connectivity index (χ2v) is 10.3. The van der Waals surface area contributed by atoms with Crippen LogP contribution in [0.4, 0.5) is 4.79 Å². The number of nitrogens with one attached hydrogen (secondary N) is 1. The van der Waals surface area contributed by atoms with Crippen molar-refractivity contribution in [1.82, 2.24) is 20.0 Å². The molecule has 0 saturated carbocycles. The monoisotopic (exact) mass is 360 g/mol. The fraction of sp³-hybridized carbons (Fsp3) is 0.938. The molecule has 0 radical (unpaired) electrons. The Morgan fingerprint density at radius 2 is 1.67 bits per heavy atom. The maximum absolute atomic E-state index is 12.5. The van der Waals surface area contributed by atoms with Gasteiger partial charge in [0.1, 0.15) is 0 Å². The highest BCUT2D eigenvalue weighted by Gasteiger charge is 2.38. The summed E-state index contributed by atoms with van der Waals surface area (Å²) < 4.78 is 24.1. The minimum absolute atomic E-state index is 0.115. The summed E-state index contributed by atoms with van der Waals surface area (Å²) in [6.07, 6.45) is 1.91. The number of sulfone groups is 1. The number of rotatable bonds is 4. The van der Waals surface area contributed by atoms with Crippen molar-refractivity contribution in [2.45, 2.75) is 43.2 Å². The maximum Gasteiger partial charge on any atom is 0.317 e. The Morgan fingerprint density at radius 3 is 2.17 bits per heavy atom. The molecule has 140 valence electrons. The van der Waals surface area contributed by atoms with Gasteiger partial charge in [-0.1, -0.05) is 0 Å². The Morgan fingerprint density at radius 1 is 1.12 bits per heavy atom. The van der Waals surface area contributed by atoms with E-state index in [1.165, 1.54) is 0 Å². The Balaban J connectivity index is 1.78. The summed E-state index contributed by atoms with van der Waals surface area (Å²) in [6, 6.07) is 0.0765. The molecule has 8 heteroatoms. The Kier molecular flexibility index (Phi) is 6.50. The lowest BCUT2D eigenvalue weighted by molar-refractivity contribution is 0.164. The van der Waals surface area contributed by atoms with E-state index < -0.39 is 20.3 Å². The number of piperidine rings is 1. The molecule has 0 aromatic rings. The fourth-order valence-electron chi connectivity index (χ4n) is 3.37. The van der Waals surface area contributed by atoms with Crippen LogP contribution in [0, 0.1) is 0 Å². The number of amides is 2. The molecule has 2 amide bonds. The van der Waals surface area contributed by atoms with E-state index in [-0.39, 0.29) is 12.1 Å². The van der Waals surface area contributed by atoms with Crippen LogP contribution < -0.4 is 5.32 Å². The molecule has 2 atom stereocenters. The molecule has 2 aliphatic rings. The highest BCUT2D eigenvalue weighted by atomic mass is 32.2. The summed E-state index contributed by atoms with van der Waals surface area (Å²) in [5.74, 6) is 0. The predicted molar refractivity (Wildman–Crippen MR) is 96.0 cm³/mol. The number of likely N-dealkylation sites (N-methyl/N-ethyl adjacent to an activating group) is 1. The van der Waals surface area contributed by atoms with Gasteiger partial charge < -0.3 is 20.0 Å². The molecule has 1 N–H and O–H groups in total. The molecule has 2 unspecified atom stereocenters. The van der Waals surface area contributed by atoms with Crippen LogP contribution in [0.3, 0.4) is 0 Å². The minimum atomic E-state index is -3.09. The summed E-state index contributed by atoms with van der Waals surface area (Å²) in [4.78, 5) is 18.7. The van der Waals surface area contributed by atoms with E-state index in [2.05, 4.69) is 29.2 Å². The van der Waals surface area contributed by atoms with Crippen LogP contribution in [-0.2, 0) is 9.84 Å². The number of hydrogen-bond donors (Lipinski definition) is 1. The van der Waals surface area contributed by atoms with Crippen LogP contribution in [0.1, 0.15) is 26.7 Å². The van der Waals surface area contributed by atoms with Crippen LogP contribution in [-0.4, -0.2) is 99.1 Å². The van der Waals surface area contributed by atoms with Crippen molar-refractivity contribution in [3.63, 3.8) is 0 Å². The molecule has 2 fully saturated rings. The van der Waals surface area contributed by atoms with Gasteiger partial charge in [-0.3, -0.25) is 0 Å². The van der Waals surface area contributed by atoms with E-state index in [0.29, 0.717) is 13.1 Å². The van der Waals surface area contributed by atoms with E-state index in [1.54, 1.807) is 18.7 Å². The van der Waals surface area contributed by atoms with E-state index in [4.69, 9.17) is 0 Å². The van der Waals surface area contributed by atoms with Crippen molar-refractivity contribution >= 4 is 15.9 Å². The van der Waals surface area contributed by atoms with Gasteiger partial charge in [0.15, 0.2) is 9.84 Å². The van der Waals surface area contributed by atoms with Gasteiger partial charge in [-0.15, -0.1) is 0 Å². The Hall–Kier alpha value is -0.860. The normalized spacial score (nSPS) is 29.0. The van der Waals surface area contributed by atoms with Gasteiger partial charge in [-0.2, -0.15) is 0 Å².